The number of carbonyl (C=O) groups is 1. The minimum absolute atomic E-state index is 0.108. The van der Waals surface area contributed by atoms with E-state index in [9.17, 15) is 4.79 Å². The maximum Gasteiger partial charge on any atom is 0.322 e. The van der Waals surface area contributed by atoms with E-state index in [1.165, 1.54) is 4.90 Å². The minimum atomic E-state index is -0.189. The lowest BCUT2D eigenvalue weighted by Crippen LogP contribution is -2.14. The third kappa shape index (κ3) is 4.02. The van der Waals surface area contributed by atoms with Gasteiger partial charge in [0.1, 0.15) is 0 Å². The van der Waals surface area contributed by atoms with E-state index < -0.39 is 0 Å². The van der Waals surface area contributed by atoms with Gasteiger partial charge in [0, 0.05) is 10.5 Å². The molecule has 3 rings (SSSR count). The van der Waals surface area contributed by atoms with Crippen molar-refractivity contribution in [2.75, 3.05) is 11.6 Å². The largest absolute Gasteiger partial charge is 0.403 e. The van der Waals surface area contributed by atoms with Crippen molar-refractivity contribution in [2.24, 2.45) is 0 Å². The highest BCUT2D eigenvalue weighted by atomic mass is 32.2. The molecule has 1 amide bonds. The Labute approximate surface area is 144 Å². The predicted molar refractivity (Wildman–Crippen MR) is 95.0 cm³/mol. The first-order chi connectivity index (χ1) is 11.6. The number of hydrogen-bond acceptors (Lipinski definition) is 5. The summed E-state index contributed by atoms with van der Waals surface area (Å²) >= 11 is 1.67. The summed E-state index contributed by atoms with van der Waals surface area (Å²) in [6.45, 7) is 2.01. The van der Waals surface area contributed by atoms with Gasteiger partial charge in [0.25, 0.3) is 0 Å². The van der Waals surface area contributed by atoms with Gasteiger partial charge >= 0.3 is 6.01 Å². The molecule has 122 valence electrons. The number of anilines is 1. The summed E-state index contributed by atoms with van der Waals surface area (Å²) in [6, 6.07) is 15.7. The molecule has 0 aliphatic carbocycles. The number of hydrogen-bond donors (Lipinski definition) is 1. The van der Waals surface area contributed by atoms with Crippen molar-refractivity contribution < 1.29 is 9.21 Å². The van der Waals surface area contributed by atoms with E-state index in [1.807, 2.05) is 61.7 Å². The number of rotatable bonds is 5. The van der Waals surface area contributed by atoms with Crippen LogP contribution in [0.3, 0.4) is 0 Å². The SMILES string of the molecule is CSc1ccc(CC(=O)Nc2nnc(-c3ccc(C)cc3)o2)cc1. The summed E-state index contributed by atoms with van der Waals surface area (Å²) in [7, 11) is 0. The van der Waals surface area contributed by atoms with Crippen LogP contribution in [-0.2, 0) is 11.2 Å². The number of nitrogens with one attached hydrogen (secondary N) is 1. The second-order valence-corrected chi connectivity index (χ2v) is 6.23. The molecule has 1 heterocycles. The van der Waals surface area contributed by atoms with Crippen LogP contribution < -0.4 is 5.32 Å². The molecule has 0 atom stereocenters. The van der Waals surface area contributed by atoms with Crippen LogP contribution in [0.25, 0.3) is 11.5 Å². The zero-order valence-corrected chi connectivity index (χ0v) is 14.3. The molecular formula is C18H17N3O2S. The lowest BCUT2D eigenvalue weighted by Gasteiger charge is -2.02. The molecule has 1 N–H and O–H groups in total. The summed E-state index contributed by atoms with van der Waals surface area (Å²) in [5.41, 5.74) is 2.91. The van der Waals surface area contributed by atoms with Crippen molar-refractivity contribution in [1.82, 2.24) is 10.2 Å². The van der Waals surface area contributed by atoms with Gasteiger partial charge in [0.05, 0.1) is 6.42 Å². The summed E-state index contributed by atoms with van der Waals surface area (Å²) in [6.07, 6.45) is 2.28. The molecule has 0 unspecified atom stereocenters. The van der Waals surface area contributed by atoms with Crippen LogP contribution in [0, 0.1) is 6.92 Å². The Hall–Kier alpha value is -2.60. The first-order valence-electron chi connectivity index (χ1n) is 7.47. The molecule has 1 aromatic heterocycles. The molecule has 0 aliphatic rings. The highest BCUT2D eigenvalue weighted by Gasteiger charge is 2.11. The summed E-state index contributed by atoms with van der Waals surface area (Å²) in [5, 5.41) is 10.5. The van der Waals surface area contributed by atoms with Gasteiger partial charge in [0.15, 0.2) is 0 Å². The van der Waals surface area contributed by atoms with E-state index in [2.05, 4.69) is 15.5 Å². The minimum Gasteiger partial charge on any atom is -0.403 e. The van der Waals surface area contributed by atoms with Crippen LogP contribution in [0.2, 0.25) is 0 Å². The standard InChI is InChI=1S/C18H17N3O2S/c1-12-3-7-14(8-4-12)17-20-21-18(23-17)19-16(22)11-13-5-9-15(24-2)10-6-13/h3-10H,11H2,1-2H3,(H,19,21,22). The Morgan fingerprint density at radius 3 is 2.46 bits per heavy atom. The normalized spacial score (nSPS) is 10.6. The number of nitrogens with zero attached hydrogens (tertiary/aromatic N) is 2. The summed E-state index contributed by atoms with van der Waals surface area (Å²) in [5.74, 6) is 0.195. The quantitative estimate of drug-likeness (QED) is 0.713. The van der Waals surface area contributed by atoms with Crippen molar-refractivity contribution in [2.45, 2.75) is 18.2 Å². The van der Waals surface area contributed by atoms with Gasteiger partial charge in [0.2, 0.25) is 11.8 Å². The number of amides is 1. The maximum absolute atomic E-state index is 12.1. The van der Waals surface area contributed by atoms with Gasteiger partial charge in [-0.25, -0.2) is 0 Å². The van der Waals surface area contributed by atoms with Gasteiger partial charge in [-0.3, -0.25) is 10.1 Å². The topological polar surface area (TPSA) is 68.0 Å². The van der Waals surface area contributed by atoms with E-state index in [1.54, 1.807) is 11.8 Å². The van der Waals surface area contributed by atoms with Crippen LogP contribution in [-0.4, -0.2) is 22.4 Å². The molecule has 0 saturated heterocycles. The third-order valence-electron chi connectivity index (χ3n) is 3.49. The van der Waals surface area contributed by atoms with E-state index in [0.717, 1.165) is 16.7 Å². The Kier molecular flexibility index (Phi) is 4.96. The van der Waals surface area contributed by atoms with E-state index in [-0.39, 0.29) is 18.3 Å². The van der Waals surface area contributed by atoms with Gasteiger partial charge < -0.3 is 4.42 Å². The van der Waals surface area contributed by atoms with Crippen LogP contribution in [0.1, 0.15) is 11.1 Å². The van der Waals surface area contributed by atoms with Gasteiger partial charge in [-0.1, -0.05) is 34.9 Å². The molecule has 6 heteroatoms. The molecule has 3 aromatic rings. The molecule has 0 saturated carbocycles. The van der Waals surface area contributed by atoms with Crippen LogP contribution >= 0.6 is 11.8 Å². The van der Waals surface area contributed by atoms with E-state index >= 15 is 0 Å². The van der Waals surface area contributed by atoms with Gasteiger partial charge in [-0.2, -0.15) is 0 Å². The fourth-order valence-electron chi connectivity index (χ4n) is 2.18. The smallest absolute Gasteiger partial charge is 0.322 e. The fourth-order valence-corrected chi connectivity index (χ4v) is 2.59. The molecule has 5 nitrogen and oxygen atoms in total. The third-order valence-corrected chi connectivity index (χ3v) is 4.24. The number of carbonyl (C=O) groups excluding carboxylic acids is 1. The lowest BCUT2D eigenvalue weighted by molar-refractivity contribution is -0.115. The molecule has 0 bridgehead atoms. The molecule has 24 heavy (non-hydrogen) atoms. The first kappa shape index (κ1) is 16.3. The van der Waals surface area contributed by atoms with Crippen molar-refractivity contribution in [3.63, 3.8) is 0 Å². The molecule has 0 spiro atoms. The van der Waals surface area contributed by atoms with Crippen LogP contribution in [0.4, 0.5) is 6.01 Å². The Bertz CT molecular complexity index is 826. The monoisotopic (exact) mass is 339 g/mol. The molecule has 2 aromatic carbocycles. The number of aryl methyl sites for hydroxylation is 1. The zero-order chi connectivity index (χ0) is 16.9. The molecule has 0 fully saturated rings. The second kappa shape index (κ2) is 7.31. The van der Waals surface area contributed by atoms with Crippen LogP contribution in [0.5, 0.6) is 0 Å². The predicted octanol–water partition coefficient (Wildman–Crippen LogP) is 3.95. The average molecular weight is 339 g/mol. The van der Waals surface area contributed by atoms with Gasteiger partial charge in [-0.15, -0.1) is 16.9 Å². The number of benzene rings is 2. The van der Waals surface area contributed by atoms with E-state index in [4.69, 9.17) is 4.42 Å². The lowest BCUT2D eigenvalue weighted by atomic mass is 10.1. The van der Waals surface area contributed by atoms with Crippen molar-refractivity contribution in [1.29, 1.82) is 0 Å². The van der Waals surface area contributed by atoms with Crippen molar-refractivity contribution >= 4 is 23.7 Å². The second-order valence-electron chi connectivity index (χ2n) is 5.35. The fraction of sp³-hybridized carbons (Fsp3) is 0.167. The van der Waals surface area contributed by atoms with Crippen molar-refractivity contribution in [3.8, 4) is 11.5 Å². The highest BCUT2D eigenvalue weighted by Crippen LogP contribution is 2.20. The van der Waals surface area contributed by atoms with Crippen molar-refractivity contribution in [3.05, 3.63) is 59.7 Å². The Balaban J connectivity index is 1.63. The first-order valence-corrected chi connectivity index (χ1v) is 8.70. The molecular weight excluding hydrogens is 322 g/mol. The number of thioether (sulfide) groups is 1. The molecule has 0 aliphatic heterocycles. The van der Waals surface area contributed by atoms with E-state index in [0.29, 0.717) is 5.89 Å². The summed E-state index contributed by atoms with van der Waals surface area (Å²) in [4.78, 5) is 13.2. The molecule has 0 radical (unpaired) electrons. The summed E-state index contributed by atoms with van der Waals surface area (Å²) < 4.78 is 5.50. The maximum atomic E-state index is 12.1. The highest BCUT2D eigenvalue weighted by molar-refractivity contribution is 7.98. The zero-order valence-electron chi connectivity index (χ0n) is 13.4. The number of aromatic nitrogens is 2. The Morgan fingerprint density at radius 1 is 1.08 bits per heavy atom. The van der Waals surface area contributed by atoms with Gasteiger partial charge in [-0.05, 0) is 43.0 Å². The average Bonchev–Trinajstić information content (AvgIpc) is 3.04. The van der Waals surface area contributed by atoms with Crippen LogP contribution in [0.15, 0.2) is 57.8 Å². The Morgan fingerprint density at radius 2 is 1.79 bits per heavy atom.